The molecule has 8 heteroatoms. The molecule has 1 unspecified atom stereocenters. The summed E-state index contributed by atoms with van der Waals surface area (Å²) in [6.07, 6.45) is 1.32. The van der Waals surface area contributed by atoms with Crippen molar-refractivity contribution in [3.63, 3.8) is 0 Å². The third kappa shape index (κ3) is 5.28. The topological polar surface area (TPSA) is 76.5 Å². The van der Waals surface area contributed by atoms with E-state index in [2.05, 4.69) is 21.2 Å². The molecule has 4 rings (SSSR count). The molecular formula is C28H29BrN4O3. The first-order valence-electron chi connectivity index (χ1n) is 12.0. The maximum absolute atomic E-state index is 13.7. The van der Waals surface area contributed by atoms with Gasteiger partial charge in [-0.2, -0.15) is 0 Å². The van der Waals surface area contributed by atoms with Crippen LogP contribution in [0.15, 0.2) is 82.1 Å². The molecule has 0 saturated heterocycles. The highest BCUT2D eigenvalue weighted by atomic mass is 79.9. The Morgan fingerprint density at radius 1 is 1.08 bits per heavy atom. The zero-order valence-corrected chi connectivity index (χ0v) is 22.2. The number of nitrogens with one attached hydrogen (secondary N) is 1. The molecule has 3 aromatic carbocycles. The van der Waals surface area contributed by atoms with Crippen LogP contribution in [0.3, 0.4) is 0 Å². The van der Waals surface area contributed by atoms with E-state index < -0.39 is 6.04 Å². The molecule has 1 aromatic heterocycles. The van der Waals surface area contributed by atoms with Crippen molar-refractivity contribution in [2.24, 2.45) is 0 Å². The summed E-state index contributed by atoms with van der Waals surface area (Å²) in [5.41, 5.74) is 1.77. The first-order chi connectivity index (χ1) is 17.5. The van der Waals surface area contributed by atoms with E-state index in [4.69, 9.17) is 9.72 Å². The van der Waals surface area contributed by atoms with Gasteiger partial charge in [-0.15, -0.1) is 0 Å². The number of amides is 2. The molecule has 1 atom stereocenters. The smallest absolute Gasteiger partial charge is 0.322 e. The number of benzene rings is 3. The van der Waals surface area contributed by atoms with Crippen molar-refractivity contribution in [2.45, 2.75) is 32.7 Å². The van der Waals surface area contributed by atoms with Crippen LogP contribution in [0.25, 0.3) is 16.6 Å². The number of halogens is 1. The van der Waals surface area contributed by atoms with Gasteiger partial charge in [-0.1, -0.05) is 48.0 Å². The minimum Gasteiger partial charge on any atom is -0.497 e. The van der Waals surface area contributed by atoms with E-state index in [-0.39, 0.29) is 11.6 Å². The van der Waals surface area contributed by atoms with Crippen LogP contribution in [0.1, 0.15) is 38.6 Å². The number of anilines is 1. The standard InChI is InChI=1S/C28H29BrN4O3/c1-4-17-32(28(35)30-20-9-8-10-22(18-20)36-3)25(5-2)26-31-24-12-7-6-11-23(24)27(34)33(26)21-15-13-19(29)14-16-21/h6-16,18,25H,4-5,17H2,1-3H3,(H,30,35). The first kappa shape index (κ1) is 25.4. The number of carbonyl (C=O) groups is 1. The summed E-state index contributed by atoms with van der Waals surface area (Å²) >= 11 is 3.47. The summed E-state index contributed by atoms with van der Waals surface area (Å²) in [4.78, 5) is 34.0. The number of ether oxygens (including phenoxy) is 1. The predicted molar refractivity (Wildman–Crippen MR) is 147 cm³/mol. The fourth-order valence-corrected chi connectivity index (χ4v) is 4.56. The van der Waals surface area contributed by atoms with Crippen LogP contribution in [0.2, 0.25) is 0 Å². The average molecular weight is 549 g/mol. The Labute approximate surface area is 218 Å². The zero-order chi connectivity index (χ0) is 25.7. The van der Waals surface area contributed by atoms with Gasteiger partial charge in [-0.3, -0.25) is 9.36 Å². The van der Waals surface area contributed by atoms with Crippen LogP contribution in [0, 0.1) is 0 Å². The second-order valence-electron chi connectivity index (χ2n) is 8.38. The molecule has 0 spiro atoms. The molecule has 1 heterocycles. The van der Waals surface area contributed by atoms with Gasteiger partial charge in [-0.25, -0.2) is 9.78 Å². The van der Waals surface area contributed by atoms with Crippen molar-refractivity contribution in [1.82, 2.24) is 14.5 Å². The van der Waals surface area contributed by atoms with Gasteiger partial charge in [0.1, 0.15) is 11.6 Å². The number of para-hydroxylation sites is 1. The number of urea groups is 1. The van der Waals surface area contributed by atoms with Gasteiger partial charge < -0.3 is 15.0 Å². The Kier molecular flexibility index (Phi) is 8.05. The van der Waals surface area contributed by atoms with Gasteiger partial charge in [-0.05, 0) is 61.4 Å². The molecule has 0 aliphatic heterocycles. The summed E-state index contributed by atoms with van der Waals surface area (Å²) in [5.74, 6) is 1.18. The van der Waals surface area contributed by atoms with Crippen LogP contribution < -0.4 is 15.6 Å². The molecule has 1 N–H and O–H groups in total. The van der Waals surface area contributed by atoms with Crippen LogP contribution in [0.4, 0.5) is 10.5 Å². The van der Waals surface area contributed by atoms with Crippen molar-refractivity contribution in [3.05, 3.63) is 93.4 Å². The van der Waals surface area contributed by atoms with Crippen LogP contribution in [0.5, 0.6) is 5.75 Å². The number of rotatable bonds is 8. The van der Waals surface area contributed by atoms with E-state index in [1.54, 1.807) is 28.7 Å². The van der Waals surface area contributed by atoms with Gasteiger partial charge in [0.2, 0.25) is 0 Å². The molecule has 186 valence electrons. The molecule has 0 fully saturated rings. The van der Waals surface area contributed by atoms with E-state index in [1.807, 2.05) is 74.5 Å². The van der Waals surface area contributed by atoms with Gasteiger partial charge in [0.05, 0.1) is 29.7 Å². The summed E-state index contributed by atoms with van der Waals surface area (Å²) in [6.45, 7) is 4.52. The number of methoxy groups -OCH3 is 1. The Bertz CT molecular complexity index is 1420. The first-order valence-corrected chi connectivity index (χ1v) is 12.7. The molecule has 0 bridgehead atoms. The van der Waals surface area contributed by atoms with E-state index in [0.29, 0.717) is 46.8 Å². The molecule has 2 amide bonds. The Morgan fingerprint density at radius 3 is 2.53 bits per heavy atom. The van der Waals surface area contributed by atoms with Gasteiger partial charge in [0.15, 0.2) is 0 Å². The normalized spacial score (nSPS) is 11.8. The maximum atomic E-state index is 13.7. The second kappa shape index (κ2) is 11.4. The third-order valence-corrected chi connectivity index (χ3v) is 6.52. The van der Waals surface area contributed by atoms with Gasteiger partial charge in [0.25, 0.3) is 5.56 Å². The number of carbonyl (C=O) groups excluding carboxylic acids is 1. The lowest BCUT2D eigenvalue weighted by Gasteiger charge is -2.32. The molecule has 0 aliphatic carbocycles. The summed E-state index contributed by atoms with van der Waals surface area (Å²) in [5, 5.41) is 3.52. The summed E-state index contributed by atoms with van der Waals surface area (Å²) in [6, 6.07) is 21.4. The molecule has 7 nitrogen and oxygen atoms in total. The lowest BCUT2D eigenvalue weighted by atomic mass is 10.1. The largest absolute Gasteiger partial charge is 0.497 e. The number of hydrogen-bond donors (Lipinski definition) is 1. The average Bonchev–Trinajstić information content (AvgIpc) is 2.89. The SMILES string of the molecule is CCCN(C(=O)Nc1cccc(OC)c1)C(CC)c1nc2ccccc2c(=O)n1-c1ccc(Br)cc1. The van der Waals surface area contributed by atoms with Crippen molar-refractivity contribution >= 4 is 38.6 Å². The van der Waals surface area contributed by atoms with E-state index >= 15 is 0 Å². The van der Waals surface area contributed by atoms with Gasteiger partial charge in [0, 0.05) is 22.8 Å². The molecule has 4 aromatic rings. The Balaban J connectivity index is 1.84. The number of nitrogens with zero attached hydrogens (tertiary/aromatic N) is 3. The number of hydrogen-bond acceptors (Lipinski definition) is 4. The summed E-state index contributed by atoms with van der Waals surface area (Å²) in [7, 11) is 1.59. The Morgan fingerprint density at radius 2 is 1.83 bits per heavy atom. The van der Waals surface area contributed by atoms with E-state index in [9.17, 15) is 9.59 Å². The monoisotopic (exact) mass is 548 g/mol. The highest BCUT2D eigenvalue weighted by Crippen LogP contribution is 2.28. The lowest BCUT2D eigenvalue weighted by molar-refractivity contribution is 0.181. The molecule has 36 heavy (non-hydrogen) atoms. The fourth-order valence-electron chi connectivity index (χ4n) is 4.29. The Hall–Kier alpha value is -3.65. The van der Waals surface area contributed by atoms with Crippen LogP contribution in [-0.2, 0) is 0 Å². The van der Waals surface area contributed by atoms with Crippen LogP contribution in [-0.4, -0.2) is 34.1 Å². The third-order valence-electron chi connectivity index (χ3n) is 5.99. The second-order valence-corrected chi connectivity index (χ2v) is 9.30. The van der Waals surface area contributed by atoms with Gasteiger partial charge >= 0.3 is 6.03 Å². The number of fused-ring (bicyclic) bond motifs is 1. The highest BCUT2D eigenvalue weighted by molar-refractivity contribution is 9.10. The molecule has 0 aliphatic rings. The molecule has 0 radical (unpaired) electrons. The predicted octanol–water partition coefficient (Wildman–Crippen LogP) is 6.55. The molecule has 0 saturated carbocycles. The van der Waals surface area contributed by atoms with Crippen molar-refractivity contribution < 1.29 is 9.53 Å². The number of aromatic nitrogens is 2. The lowest BCUT2D eigenvalue weighted by Crippen LogP contribution is -2.41. The van der Waals surface area contributed by atoms with E-state index in [1.165, 1.54) is 0 Å². The van der Waals surface area contributed by atoms with E-state index in [0.717, 1.165) is 10.9 Å². The van der Waals surface area contributed by atoms with Crippen molar-refractivity contribution in [3.8, 4) is 11.4 Å². The summed E-state index contributed by atoms with van der Waals surface area (Å²) < 4.78 is 7.83. The highest BCUT2D eigenvalue weighted by Gasteiger charge is 2.29. The fraction of sp³-hybridized carbons (Fsp3) is 0.250. The zero-order valence-electron chi connectivity index (χ0n) is 20.6. The van der Waals surface area contributed by atoms with Crippen molar-refractivity contribution in [2.75, 3.05) is 19.0 Å². The quantitative estimate of drug-likeness (QED) is 0.270. The minimum atomic E-state index is -0.434. The van der Waals surface area contributed by atoms with Crippen molar-refractivity contribution in [1.29, 1.82) is 0 Å². The molecular weight excluding hydrogens is 520 g/mol. The minimum absolute atomic E-state index is 0.166. The maximum Gasteiger partial charge on any atom is 0.322 e. The van der Waals surface area contributed by atoms with Crippen LogP contribution >= 0.6 is 15.9 Å².